The minimum absolute atomic E-state index is 0.643. The first kappa shape index (κ1) is 20.2. The summed E-state index contributed by atoms with van der Waals surface area (Å²) >= 11 is 0. The second kappa shape index (κ2) is 9.16. The van der Waals surface area contributed by atoms with Gasteiger partial charge in [-0.2, -0.15) is 0 Å². The summed E-state index contributed by atoms with van der Waals surface area (Å²) in [6, 6.07) is 10.8. The maximum atomic E-state index is 5.47. The van der Waals surface area contributed by atoms with E-state index >= 15 is 0 Å². The van der Waals surface area contributed by atoms with E-state index in [-0.39, 0.29) is 0 Å². The van der Waals surface area contributed by atoms with Crippen molar-refractivity contribution in [2.75, 3.05) is 62.3 Å². The third kappa shape index (κ3) is 4.34. The monoisotopic (exact) mass is 418 g/mol. The fourth-order valence-corrected chi connectivity index (χ4v) is 4.53. The van der Waals surface area contributed by atoms with Gasteiger partial charge in [-0.05, 0) is 43.6 Å². The Morgan fingerprint density at radius 3 is 2.65 bits per heavy atom. The molecule has 0 unspecified atom stereocenters. The molecule has 3 aromatic rings. The number of nitrogens with zero attached hydrogens (tertiary/aromatic N) is 5. The summed E-state index contributed by atoms with van der Waals surface area (Å²) < 4.78 is 5.47. The van der Waals surface area contributed by atoms with E-state index in [2.05, 4.69) is 62.3 Å². The van der Waals surface area contributed by atoms with E-state index in [9.17, 15) is 0 Å². The average Bonchev–Trinajstić information content (AvgIpc) is 3.31. The van der Waals surface area contributed by atoms with Crippen molar-refractivity contribution in [3.05, 3.63) is 42.7 Å². The first-order chi connectivity index (χ1) is 15.3. The minimum atomic E-state index is 0.643. The Morgan fingerprint density at radius 2 is 1.84 bits per heavy atom. The molecule has 1 aromatic carbocycles. The van der Waals surface area contributed by atoms with Gasteiger partial charge in [0.05, 0.1) is 24.4 Å². The molecule has 2 aliphatic rings. The molecule has 0 amide bonds. The van der Waals surface area contributed by atoms with Crippen LogP contribution < -0.4 is 15.1 Å². The molecule has 0 aliphatic carbocycles. The number of benzene rings is 1. The van der Waals surface area contributed by atoms with Crippen molar-refractivity contribution in [2.24, 2.45) is 5.92 Å². The normalized spacial score (nSPS) is 19.3. The van der Waals surface area contributed by atoms with Crippen LogP contribution in [0.5, 0.6) is 0 Å². The van der Waals surface area contributed by atoms with Gasteiger partial charge in [-0.25, -0.2) is 9.97 Å². The zero-order valence-electron chi connectivity index (χ0n) is 18.1. The molecule has 2 saturated heterocycles. The topological polar surface area (TPSA) is 66.4 Å². The second-order valence-corrected chi connectivity index (χ2v) is 8.31. The Morgan fingerprint density at radius 1 is 1.03 bits per heavy atom. The van der Waals surface area contributed by atoms with Crippen LogP contribution in [-0.4, -0.2) is 67.4 Å². The quantitative estimate of drug-likeness (QED) is 0.660. The highest BCUT2D eigenvalue weighted by molar-refractivity contribution is 5.89. The van der Waals surface area contributed by atoms with Crippen molar-refractivity contribution in [1.29, 1.82) is 0 Å². The molecular weight excluding hydrogens is 388 g/mol. The van der Waals surface area contributed by atoms with Gasteiger partial charge >= 0.3 is 0 Å². The van der Waals surface area contributed by atoms with E-state index in [0.717, 1.165) is 80.6 Å². The predicted molar refractivity (Wildman–Crippen MR) is 125 cm³/mol. The van der Waals surface area contributed by atoms with E-state index < -0.39 is 0 Å². The number of anilines is 2. The van der Waals surface area contributed by atoms with Gasteiger partial charge in [0.1, 0.15) is 5.52 Å². The number of morpholine rings is 1. The molecule has 7 nitrogen and oxygen atoms in total. The van der Waals surface area contributed by atoms with Crippen LogP contribution in [0.2, 0.25) is 0 Å². The Bertz CT molecular complexity index is 1020. The van der Waals surface area contributed by atoms with Gasteiger partial charge in [-0.1, -0.05) is 19.1 Å². The molecule has 0 radical (unpaired) electrons. The number of hydrogen-bond donors (Lipinski definition) is 1. The summed E-state index contributed by atoms with van der Waals surface area (Å²) in [5, 5.41) is 3.48. The van der Waals surface area contributed by atoms with Crippen molar-refractivity contribution < 1.29 is 4.74 Å². The lowest BCUT2D eigenvalue weighted by Crippen LogP contribution is -2.36. The lowest BCUT2D eigenvalue weighted by molar-refractivity contribution is 0.122. The summed E-state index contributed by atoms with van der Waals surface area (Å²) in [7, 11) is 0. The average molecular weight is 419 g/mol. The van der Waals surface area contributed by atoms with Crippen LogP contribution in [0, 0.1) is 5.92 Å². The molecule has 0 bridgehead atoms. The van der Waals surface area contributed by atoms with Crippen LogP contribution in [0.15, 0.2) is 42.7 Å². The molecule has 31 heavy (non-hydrogen) atoms. The minimum Gasteiger partial charge on any atom is -0.378 e. The van der Waals surface area contributed by atoms with Crippen molar-refractivity contribution in [2.45, 2.75) is 13.3 Å². The summed E-state index contributed by atoms with van der Waals surface area (Å²) in [6.07, 6.45) is 4.70. The van der Waals surface area contributed by atoms with E-state index in [0.29, 0.717) is 5.92 Å². The van der Waals surface area contributed by atoms with Crippen LogP contribution in [-0.2, 0) is 4.74 Å². The van der Waals surface area contributed by atoms with Crippen molar-refractivity contribution in [1.82, 2.24) is 20.3 Å². The molecule has 0 saturated carbocycles. The van der Waals surface area contributed by atoms with Gasteiger partial charge in [0.25, 0.3) is 0 Å². The molecule has 5 rings (SSSR count). The molecule has 2 fully saturated rings. The highest BCUT2D eigenvalue weighted by Gasteiger charge is 2.25. The summed E-state index contributed by atoms with van der Waals surface area (Å²) in [4.78, 5) is 19.0. The lowest BCUT2D eigenvalue weighted by atomic mass is 10.1. The fraction of sp³-hybridized carbons (Fsp3) is 0.458. The SMILES string of the molecule is CCNC[C@@H]1CCN(c2nc(-c3ccc(N4CCOCC4)cc3)cc3nccnc23)C1. The van der Waals surface area contributed by atoms with Crippen LogP contribution in [0.4, 0.5) is 11.5 Å². The molecule has 1 N–H and O–H groups in total. The standard InChI is InChI=1S/C24H30N6O/c1-2-25-16-18-7-10-30(17-18)24-23-22(26-8-9-27-23)15-21(28-24)19-3-5-20(6-4-19)29-11-13-31-14-12-29/h3-6,8-9,15,18,25H,2,7,10-14,16-17H2,1H3/t18-/m0/s1. The second-order valence-electron chi connectivity index (χ2n) is 8.31. The third-order valence-corrected chi connectivity index (χ3v) is 6.25. The van der Waals surface area contributed by atoms with Gasteiger partial charge < -0.3 is 19.9 Å². The number of pyridine rings is 1. The Balaban J connectivity index is 1.44. The van der Waals surface area contributed by atoms with Crippen LogP contribution >= 0.6 is 0 Å². The van der Waals surface area contributed by atoms with E-state index in [1.807, 2.05) is 0 Å². The van der Waals surface area contributed by atoms with Crippen molar-refractivity contribution in [3.8, 4) is 11.3 Å². The number of fused-ring (bicyclic) bond motifs is 1. The van der Waals surface area contributed by atoms with Gasteiger partial charge in [-0.15, -0.1) is 0 Å². The van der Waals surface area contributed by atoms with Gasteiger partial charge in [0, 0.05) is 49.8 Å². The first-order valence-corrected chi connectivity index (χ1v) is 11.3. The maximum absolute atomic E-state index is 5.47. The number of nitrogens with one attached hydrogen (secondary N) is 1. The molecule has 2 aliphatic heterocycles. The van der Waals surface area contributed by atoms with Crippen LogP contribution in [0.1, 0.15) is 13.3 Å². The van der Waals surface area contributed by atoms with Crippen LogP contribution in [0.25, 0.3) is 22.3 Å². The van der Waals surface area contributed by atoms with Gasteiger partial charge in [0.2, 0.25) is 0 Å². The maximum Gasteiger partial charge on any atom is 0.157 e. The highest BCUT2D eigenvalue weighted by Crippen LogP contribution is 2.31. The number of ether oxygens (including phenoxy) is 1. The predicted octanol–water partition coefficient (Wildman–Crippen LogP) is 2.96. The number of hydrogen-bond acceptors (Lipinski definition) is 7. The fourth-order valence-electron chi connectivity index (χ4n) is 4.53. The number of rotatable bonds is 6. The summed E-state index contributed by atoms with van der Waals surface area (Å²) in [6.45, 7) is 9.71. The molecule has 1 atom stereocenters. The third-order valence-electron chi connectivity index (χ3n) is 6.25. The molecule has 0 spiro atoms. The number of aromatic nitrogens is 3. The van der Waals surface area contributed by atoms with Gasteiger partial charge in [0.15, 0.2) is 5.82 Å². The first-order valence-electron chi connectivity index (χ1n) is 11.3. The van der Waals surface area contributed by atoms with Crippen molar-refractivity contribution in [3.63, 3.8) is 0 Å². The molecule has 4 heterocycles. The van der Waals surface area contributed by atoms with Crippen LogP contribution in [0.3, 0.4) is 0 Å². The van der Waals surface area contributed by atoms with Gasteiger partial charge in [-0.3, -0.25) is 4.98 Å². The smallest absolute Gasteiger partial charge is 0.157 e. The highest BCUT2D eigenvalue weighted by atomic mass is 16.5. The lowest BCUT2D eigenvalue weighted by Gasteiger charge is -2.29. The van der Waals surface area contributed by atoms with E-state index in [1.54, 1.807) is 12.4 Å². The summed E-state index contributed by atoms with van der Waals surface area (Å²) in [5.41, 5.74) is 5.08. The van der Waals surface area contributed by atoms with E-state index in [1.165, 1.54) is 12.1 Å². The molecule has 2 aromatic heterocycles. The molecule has 162 valence electrons. The molecular formula is C24H30N6O. The Hall–Kier alpha value is -2.77. The Labute approximate surface area is 183 Å². The largest absolute Gasteiger partial charge is 0.378 e. The Kier molecular flexibility index (Phi) is 5.95. The zero-order chi connectivity index (χ0) is 21.0. The summed E-state index contributed by atoms with van der Waals surface area (Å²) in [5.74, 6) is 1.60. The van der Waals surface area contributed by atoms with E-state index in [4.69, 9.17) is 9.72 Å². The van der Waals surface area contributed by atoms with Crippen molar-refractivity contribution >= 4 is 22.5 Å². The zero-order valence-corrected chi connectivity index (χ0v) is 18.1. The molecule has 7 heteroatoms.